The summed E-state index contributed by atoms with van der Waals surface area (Å²) in [4.78, 5) is 14.2. The highest BCUT2D eigenvalue weighted by atomic mass is 15.0. The Bertz CT molecular complexity index is 1030. The number of rotatable bonds is 10. The summed E-state index contributed by atoms with van der Waals surface area (Å²) in [6.07, 6.45) is 9.23. The summed E-state index contributed by atoms with van der Waals surface area (Å²) in [7, 11) is 0. The minimum atomic E-state index is 0.531. The number of nitrogens with one attached hydrogen (secondary N) is 1. The third-order valence-corrected chi connectivity index (χ3v) is 5.52. The van der Waals surface area contributed by atoms with Crippen LogP contribution in [0.5, 0.6) is 0 Å². The third kappa shape index (κ3) is 5.29. The van der Waals surface area contributed by atoms with Gasteiger partial charge in [-0.25, -0.2) is 9.97 Å². The van der Waals surface area contributed by atoms with Gasteiger partial charge < -0.3 is 11.1 Å². The van der Waals surface area contributed by atoms with Crippen LogP contribution in [0.15, 0.2) is 29.3 Å². The van der Waals surface area contributed by atoms with Crippen molar-refractivity contribution in [1.82, 2.24) is 9.97 Å². The van der Waals surface area contributed by atoms with E-state index in [0.717, 1.165) is 72.8 Å². The van der Waals surface area contributed by atoms with E-state index < -0.39 is 0 Å². The summed E-state index contributed by atoms with van der Waals surface area (Å²) in [6.45, 7) is 7.78. The second kappa shape index (κ2) is 10.7. The van der Waals surface area contributed by atoms with Crippen molar-refractivity contribution in [3.8, 4) is 6.07 Å². The summed E-state index contributed by atoms with van der Waals surface area (Å²) in [5.41, 5.74) is 12.6. The van der Waals surface area contributed by atoms with Crippen LogP contribution in [0.4, 0.5) is 11.5 Å². The van der Waals surface area contributed by atoms with Crippen LogP contribution in [0, 0.1) is 11.3 Å². The van der Waals surface area contributed by atoms with E-state index in [1.807, 2.05) is 6.07 Å². The molecule has 0 aliphatic carbocycles. The Balaban J connectivity index is 2.06. The first-order chi connectivity index (χ1) is 15.1. The summed E-state index contributed by atoms with van der Waals surface area (Å²) >= 11 is 0. The number of benzene rings is 1. The van der Waals surface area contributed by atoms with E-state index in [4.69, 9.17) is 15.7 Å². The Morgan fingerprint density at radius 1 is 1.10 bits per heavy atom. The zero-order chi connectivity index (χ0) is 22.2. The average molecular weight is 417 g/mol. The number of nitriles is 1. The van der Waals surface area contributed by atoms with Crippen molar-refractivity contribution in [3.05, 3.63) is 58.1 Å². The van der Waals surface area contributed by atoms with Crippen molar-refractivity contribution in [2.45, 2.75) is 59.3 Å². The molecule has 162 valence electrons. The second-order valence-corrected chi connectivity index (χ2v) is 7.81. The number of hydrogen-bond acceptors (Lipinski definition) is 6. The molecule has 0 amide bonds. The second-order valence-electron chi connectivity index (χ2n) is 7.81. The van der Waals surface area contributed by atoms with Crippen LogP contribution in [0.25, 0.3) is 0 Å². The molecular formula is C25H32N6. The molecule has 6 nitrogen and oxygen atoms in total. The molecule has 2 aromatic rings. The van der Waals surface area contributed by atoms with Gasteiger partial charge >= 0.3 is 0 Å². The summed E-state index contributed by atoms with van der Waals surface area (Å²) in [6, 6.07) is 6.24. The Morgan fingerprint density at radius 3 is 2.55 bits per heavy atom. The van der Waals surface area contributed by atoms with Crippen LogP contribution in [0.2, 0.25) is 0 Å². The monoisotopic (exact) mass is 416 g/mol. The topological polar surface area (TPSA) is 100.0 Å². The minimum absolute atomic E-state index is 0.531. The van der Waals surface area contributed by atoms with E-state index in [0.29, 0.717) is 24.2 Å². The maximum atomic E-state index is 9.81. The number of nitrogen functional groups attached to an aromatic ring is 1. The maximum absolute atomic E-state index is 9.81. The lowest BCUT2D eigenvalue weighted by molar-refractivity contribution is 0.824. The molecule has 31 heavy (non-hydrogen) atoms. The number of aliphatic imine (C=N–C) groups is 1. The molecule has 0 fully saturated rings. The first-order valence-electron chi connectivity index (χ1n) is 11.2. The predicted molar refractivity (Wildman–Crippen MR) is 128 cm³/mol. The number of hydrogen-bond donors (Lipinski definition) is 2. The molecule has 1 aromatic carbocycles. The van der Waals surface area contributed by atoms with Crippen LogP contribution in [0.1, 0.15) is 67.4 Å². The highest BCUT2D eigenvalue weighted by Crippen LogP contribution is 2.28. The highest BCUT2D eigenvalue weighted by Gasteiger charge is 2.19. The van der Waals surface area contributed by atoms with Crippen LogP contribution in [-0.2, 0) is 25.7 Å². The molecule has 0 atom stereocenters. The number of aryl methyl sites for hydroxylation is 2. The predicted octanol–water partition coefficient (Wildman–Crippen LogP) is 4.41. The van der Waals surface area contributed by atoms with Gasteiger partial charge in [-0.3, -0.25) is 4.99 Å². The van der Waals surface area contributed by atoms with Gasteiger partial charge in [0.2, 0.25) is 0 Å². The van der Waals surface area contributed by atoms with Gasteiger partial charge in [0.25, 0.3) is 0 Å². The fourth-order valence-electron chi connectivity index (χ4n) is 3.96. The molecule has 3 N–H and O–H groups in total. The Kier molecular flexibility index (Phi) is 7.77. The zero-order valence-electron chi connectivity index (χ0n) is 18.8. The van der Waals surface area contributed by atoms with Crippen LogP contribution in [-0.4, -0.2) is 28.8 Å². The van der Waals surface area contributed by atoms with E-state index in [1.165, 1.54) is 5.56 Å². The lowest BCUT2D eigenvalue weighted by Gasteiger charge is -2.18. The first kappa shape index (κ1) is 22.5. The van der Waals surface area contributed by atoms with Crippen LogP contribution in [0.3, 0.4) is 0 Å². The summed E-state index contributed by atoms with van der Waals surface area (Å²) < 4.78 is 0. The Morgan fingerprint density at radius 2 is 1.90 bits per heavy atom. The SMILES string of the molecule is CCCc1ccc(N)c(C#N)c1Cc1nc(CC)nc(NCC2=NCC=C2)c1CCC. The van der Waals surface area contributed by atoms with Crippen molar-refractivity contribution < 1.29 is 0 Å². The van der Waals surface area contributed by atoms with E-state index >= 15 is 0 Å². The molecule has 0 radical (unpaired) electrons. The Labute approximate surface area is 185 Å². The van der Waals surface area contributed by atoms with Crippen molar-refractivity contribution in [1.29, 1.82) is 5.26 Å². The van der Waals surface area contributed by atoms with Crippen molar-refractivity contribution in [2.24, 2.45) is 4.99 Å². The molecule has 0 saturated carbocycles. The zero-order valence-corrected chi connectivity index (χ0v) is 18.8. The normalized spacial score (nSPS) is 12.6. The Hall–Kier alpha value is -3.20. The molecule has 0 bridgehead atoms. The van der Waals surface area contributed by atoms with Crippen molar-refractivity contribution in [3.63, 3.8) is 0 Å². The molecule has 2 heterocycles. The molecule has 0 unspecified atom stereocenters. The summed E-state index contributed by atoms with van der Waals surface area (Å²) in [5, 5.41) is 13.3. The molecule has 0 saturated heterocycles. The van der Waals surface area contributed by atoms with Crippen LogP contribution >= 0.6 is 0 Å². The summed E-state index contributed by atoms with van der Waals surface area (Å²) in [5.74, 6) is 1.69. The maximum Gasteiger partial charge on any atom is 0.133 e. The molecule has 6 heteroatoms. The third-order valence-electron chi connectivity index (χ3n) is 5.52. The molecule has 1 aliphatic heterocycles. The van der Waals surface area contributed by atoms with Gasteiger partial charge in [0.05, 0.1) is 30.1 Å². The minimum Gasteiger partial charge on any atom is -0.398 e. The van der Waals surface area contributed by atoms with Crippen molar-refractivity contribution >= 4 is 17.2 Å². The number of nitrogens with zero attached hydrogens (tertiary/aromatic N) is 4. The number of anilines is 2. The van der Waals surface area contributed by atoms with E-state index in [9.17, 15) is 5.26 Å². The smallest absolute Gasteiger partial charge is 0.133 e. The lowest BCUT2D eigenvalue weighted by Crippen LogP contribution is -2.17. The van der Waals surface area contributed by atoms with Gasteiger partial charge in [-0.1, -0.05) is 45.8 Å². The largest absolute Gasteiger partial charge is 0.398 e. The fourth-order valence-corrected chi connectivity index (χ4v) is 3.96. The molecule has 1 aliphatic rings. The lowest BCUT2D eigenvalue weighted by atomic mass is 9.91. The van der Waals surface area contributed by atoms with E-state index in [1.54, 1.807) is 0 Å². The number of aromatic nitrogens is 2. The van der Waals surface area contributed by atoms with Crippen LogP contribution < -0.4 is 11.1 Å². The standard InChI is InChI=1S/C25H32N6/c1-4-8-17-11-12-22(27)21(15-26)20(17)14-23-19(9-5-2)25(31-24(6-3)30-23)29-16-18-10-7-13-28-18/h7,10-12H,4-6,8-9,13-14,16,27H2,1-3H3,(H,29,30,31). The van der Waals surface area contributed by atoms with Gasteiger partial charge in [-0.2, -0.15) is 5.26 Å². The average Bonchev–Trinajstić information content (AvgIpc) is 3.29. The molecule has 1 aromatic heterocycles. The highest BCUT2D eigenvalue weighted by molar-refractivity contribution is 5.99. The van der Waals surface area contributed by atoms with Gasteiger partial charge in [0.1, 0.15) is 17.7 Å². The van der Waals surface area contributed by atoms with Gasteiger partial charge in [0, 0.05) is 24.1 Å². The number of nitrogens with two attached hydrogens (primary N) is 1. The molecular weight excluding hydrogens is 384 g/mol. The van der Waals surface area contributed by atoms with Gasteiger partial charge in [-0.05, 0) is 36.1 Å². The first-order valence-corrected chi connectivity index (χ1v) is 11.2. The van der Waals surface area contributed by atoms with E-state index in [-0.39, 0.29) is 0 Å². The molecule has 3 rings (SSSR count). The quantitative estimate of drug-likeness (QED) is 0.559. The molecule has 0 spiro atoms. The fraction of sp³-hybridized carbons (Fsp3) is 0.440. The van der Waals surface area contributed by atoms with Gasteiger partial charge in [0.15, 0.2) is 0 Å². The van der Waals surface area contributed by atoms with E-state index in [2.05, 4.69) is 55.4 Å². The van der Waals surface area contributed by atoms with Crippen molar-refractivity contribution in [2.75, 3.05) is 24.1 Å². The van der Waals surface area contributed by atoms with Gasteiger partial charge in [-0.15, -0.1) is 0 Å².